The molecule has 1 aliphatic rings. The third kappa shape index (κ3) is 3.35. The first-order valence-corrected chi connectivity index (χ1v) is 7.58. The van der Waals surface area contributed by atoms with E-state index < -0.39 is 0 Å². The average Bonchev–Trinajstić information content (AvgIpc) is 3.20. The Kier molecular flexibility index (Phi) is 4.82. The van der Waals surface area contributed by atoms with E-state index in [4.69, 9.17) is 0 Å². The van der Waals surface area contributed by atoms with Crippen molar-refractivity contribution in [1.82, 2.24) is 5.32 Å². The van der Waals surface area contributed by atoms with Crippen LogP contribution in [-0.4, -0.2) is 6.54 Å². The molecule has 1 aliphatic carbocycles. The Balaban J connectivity index is 2.15. The molecule has 1 fully saturated rings. The number of hydrogen-bond acceptors (Lipinski definition) is 1. The topological polar surface area (TPSA) is 12.0 Å². The molecule has 0 saturated heterocycles. The van der Waals surface area contributed by atoms with E-state index in [9.17, 15) is 0 Å². The lowest BCUT2D eigenvalue weighted by atomic mass is 9.89. The van der Waals surface area contributed by atoms with Gasteiger partial charge in [0.2, 0.25) is 0 Å². The molecule has 0 aliphatic heterocycles. The van der Waals surface area contributed by atoms with E-state index >= 15 is 0 Å². The zero-order valence-corrected chi connectivity index (χ0v) is 12.1. The third-order valence-electron chi connectivity index (χ3n) is 4.16. The minimum absolute atomic E-state index is 0.541. The molecule has 1 aromatic rings. The molecule has 2 atom stereocenters. The Hall–Kier alpha value is -0.820. The third-order valence-corrected chi connectivity index (χ3v) is 4.16. The lowest BCUT2D eigenvalue weighted by Gasteiger charge is -2.25. The smallest absolute Gasteiger partial charge is 0.0348 e. The summed E-state index contributed by atoms with van der Waals surface area (Å²) in [6, 6.07) is 9.74. The summed E-state index contributed by atoms with van der Waals surface area (Å²) in [6.45, 7) is 7.93. The monoisotopic (exact) mass is 245 g/mol. The van der Waals surface area contributed by atoms with Gasteiger partial charge in [0.1, 0.15) is 0 Å². The van der Waals surface area contributed by atoms with E-state index in [1.54, 1.807) is 0 Å². The van der Waals surface area contributed by atoms with Crippen LogP contribution in [0.4, 0.5) is 0 Å². The minimum atomic E-state index is 0.541. The Morgan fingerprint density at radius 1 is 1.28 bits per heavy atom. The van der Waals surface area contributed by atoms with Gasteiger partial charge in [-0.25, -0.2) is 0 Å². The van der Waals surface area contributed by atoms with Gasteiger partial charge in [0.25, 0.3) is 0 Å². The summed E-state index contributed by atoms with van der Waals surface area (Å²) in [6.07, 6.45) is 5.29. The Morgan fingerprint density at radius 2 is 2.06 bits per heavy atom. The fourth-order valence-electron chi connectivity index (χ4n) is 2.95. The van der Waals surface area contributed by atoms with Gasteiger partial charge >= 0.3 is 0 Å². The summed E-state index contributed by atoms with van der Waals surface area (Å²) >= 11 is 0. The molecular formula is C17H27N. The molecule has 0 spiro atoms. The number of aryl methyl sites for hydroxylation is 1. The van der Waals surface area contributed by atoms with Crippen molar-refractivity contribution in [2.45, 2.75) is 52.5 Å². The first-order chi connectivity index (χ1) is 8.76. The van der Waals surface area contributed by atoms with E-state index in [0.717, 1.165) is 18.4 Å². The van der Waals surface area contributed by atoms with Crippen LogP contribution < -0.4 is 5.32 Å². The molecule has 0 amide bonds. The van der Waals surface area contributed by atoms with Crippen LogP contribution >= 0.6 is 0 Å². The van der Waals surface area contributed by atoms with Gasteiger partial charge in [-0.2, -0.15) is 0 Å². The van der Waals surface area contributed by atoms with Crippen molar-refractivity contribution < 1.29 is 0 Å². The molecule has 1 N–H and O–H groups in total. The average molecular weight is 245 g/mol. The molecule has 0 bridgehead atoms. The quantitative estimate of drug-likeness (QED) is 0.753. The second kappa shape index (κ2) is 6.38. The van der Waals surface area contributed by atoms with Crippen molar-refractivity contribution in [3.8, 4) is 0 Å². The van der Waals surface area contributed by atoms with Crippen molar-refractivity contribution >= 4 is 0 Å². The van der Waals surface area contributed by atoms with Crippen LogP contribution in [0.2, 0.25) is 0 Å². The van der Waals surface area contributed by atoms with Crippen LogP contribution in [0.3, 0.4) is 0 Å². The van der Waals surface area contributed by atoms with Gasteiger partial charge in [-0.1, -0.05) is 51.5 Å². The lowest BCUT2D eigenvalue weighted by Crippen LogP contribution is -2.28. The van der Waals surface area contributed by atoms with Crippen molar-refractivity contribution in [2.75, 3.05) is 6.54 Å². The van der Waals surface area contributed by atoms with Gasteiger partial charge in [-0.05, 0) is 48.8 Å². The van der Waals surface area contributed by atoms with E-state index in [-0.39, 0.29) is 0 Å². The maximum absolute atomic E-state index is 3.69. The first-order valence-electron chi connectivity index (χ1n) is 7.58. The van der Waals surface area contributed by atoms with Gasteiger partial charge in [-0.3, -0.25) is 0 Å². The molecular weight excluding hydrogens is 218 g/mol. The number of rotatable bonds is 7. The normalized spacial score (nSPS) is 18.6. The van der Waals surface area contributed by atoms with Crippen molar-refractivity contribution in [1.29, 1.82) is 0 Å². The highest BCUT2D eigenvalue weighted by Crippen LogP contribution is 2.42. The molecule has 1 aromatic carbocycles. The predicted octanol–water partition coefficient (Wildman–Crippen LogP) is 4.34. The van der Waals surface area contributed by atoms with Gasteiger partial charge < -0.3 is 5.32 Å². The highest BCUT2D eigenvalue weighted by molar-refractivity contribution is 5.27. The SMILES string of the molecule is CCCc1cccc(C(NCC)C(C)C2CC2)c1. The highest BCUT2D eigenvalue weighted by atomic mass is 14.9. The molecule has 1 saturated carbocycles. The Bertz CT molecular complexity index is 368. The second-order valence-electron chi connectivity index (χ2n) is 5.73. The fourth-order valence-corrected chi connectivity index (χ4v) is 2.95. The summed E-state index contributed by atoms with van der Waals surface area (Å²) < 4.78 is 0. The summed E-state index contributed by atoms with van der Waals surface area (Å²) in [5, 5.41) is 3.69. The van der Waals surface area contributed by atoms with E-state index in [1.807, 2.05) is 0 Å². The van der Waals surface area contributed by atoms with Crippen molar-refractivity contribution in [3.05, 3.63) is 35.4 Å². The summed E-state index contributed by atoms with van der Waals surface area (Å²) in [7, 11) is 0. The molecule has 0 heterocycles. The standard InChI is InChI=1S/C17H27N/c1-4-7-14-8-6-9-16(12-14)17(18-5-2)13(3)15-10-11-15/h6,8-9,12-13,15,17-18H,4-5,7,10-11H2,1-3H3. The van der Waals surface area contributed by atoms with Gasteiger partial charge in [-0.15, -0.1) is 0 Å². The number of nitrogens with one attached hydrogen (secondary N) is 1. The largest absolute Gasteiger partial charge is 0.310 e. The first kappa shape index (κ1) is 13.6. The molecule has 0 aromatic heterocycles. The molecule has 1 nitrogen and oxygen atoms in total. The summed E-state index contributed by atoms with van der Waals surface area (Å²) in [5.74, 6) is 1.71. The summed E-state index contributed by atoms with van der Waals surface area (Å²) in [5.41, 5.74) is 2.98. The van der Waals surface area contributed by atoms with Crippen LogP contribution in [-0.2, 0) is 6.42 Å². The fraction of sp³-hybridized carbons (Fsp3) is 0.647. The number of benzene rings is 1. The molecule has 2 unspecified atom stereocenters. The van der Waals surface area contributed by atoms with Gasteiger partial charge in [0, 0.05) is 6.04 Å². The van der Waals surface area contributed by atoms with Crippen LogP contribution in [0.5, 0.6) is 0 Å². The van der Waals surface area contributed by atoms with E-state index in [2.05, 4.69) is 50.4 Å². The molecule has 18 heavy (non-hydrogen) atoms. The van der Waals surface area contributed by atoms with Crippen molar-refractivity contribution in [3.63, 3.8) is 0 Å². The van der Waals surface area contributed by atoms with E-state index in [0.29, 0.717) is 6.04 Å². The minimum Gasteiger partial charge on any atom is -0.310 e. The molecule has 2 rings (SSSR count). The Morgan fingerprint density at radius 3 is 2.67 bits per heavy atom. The molecule has 100 valence electrons. The van der Waals surface area contributed by atoms with Crippen LogP contribution in [0.15, 0.2) is 24.3 Å². The predicted molar refractivity (Wildman–Crippen MR) is 78.7 cm³/mol. The summed E-state index contributed by atoms with van der Waals surface area (Å²) in [4.78, 5) is 0. The van der Waals surface area contributed by atoms with Crippen LogP contribution in [0, 0.1) is 11.8 Å². The zero-order chi connectivity index (χ0) is 13.0. The van der Waals surface area contributed by atoms with Gasteiger partial charge in [0.05, 0.1) is 0 Å². The van der Waals surface area contributed by atoms with Crippen LogP contribution in [0.1, 0.15) is 57.2 Å². The molecule has 1 heteroatoms. The van der Waals surface area contributed by atoms with E-state index in [1.165, 1.54) is 36.8 Å². The molecule has 0 radical (unpaired) electrons. The highest BCUT2D eigenvalue weighted by Gasteiger charge is 2.33. The van der Waals surface area contributed by atoms with Gasteiger partial charge in [0.15, 0.2) is 0 Å². The Labute approximate surface area is 112 Å². The lowest BCUT2D eigenvalue weighted by molar-refractivity contribution is 0.355. The van der Waals surface area contributed by atoms with Crippen molar-refractivity contribution in [2.24, 2.45) is 11.8 Å². The maximum Gasteiger partial charge on any atom is 0.0348 e. The maximum atomic E-state index is 3.69. The van der Waals surface area contributed by atoms with Crippen LogP contribution in [0.25, 0.3) is 0 Å². The number of hydrogen-bond donors (Lipinski definition) is 1. The zero-order valence-electron chi connectivity index (χ0n) is 12.1. The second-order valence-corrected chi connectivity index (χ2v) is 5.73.